The maximum Gasteiger partial charge on any atom is 0.421 e. The third kappa shape index (κ3) is 2.13. The average Bonchev–Trinajstić information content (AvgIpc) is 2.75. The fourth-order valence-corrected chi connectivity index (χ4v) is 3.39. The number of nitrogens with one attached hydrogen (secondary N) is 2. The molecule has 0 aliphatic carbocycles. The Bertz CT molecular complexity index is 371. The SMILES string of the molecule is COC(=O)NS(=O)(=O)N1C[C@@H]2CCN[C@@H]2C1. The molecule has 2 N–H and O–H groups in total. The molecule has 2 rings (SSSR count). The lowest BCUT2D eigenvalue weighted by atomic mass is 10.1. The fourth-order valence-electron chi connectivity index (χ4n) is 2.22. The summed E-state index contributed by atoms with van der Waals surface area (Å²) in [5.41, 5.74) is 0. The molecule has 1 amide bonds. The number of hydrogen-bond donors (Lipinski definition) is 2. The summed E-state index contributed by atoms with van der Waals surface area (Å²) in [7, 11) is -2.61. The Morgan fingerprint density at radius 2 is 2.25 bits per heavy atom. The summed E-state index contributed by atoms with van der Waals surface area (Å²) in [5, 5.41) is 3.24. The third-order valence-corrected chi connectivity index (χ3v) is 4.47. The number of ether oxygens (including phenoxy) is 1. The molecule has 0 saturated carbocycles. The first-order chi connectivity index (χ1) is 7.53. The van der Waals surface area contributed by atoms with Crippen molar-refractivity contribution in [3.05, 3.63) is 0 Å². The number of fused-ring (bicyclic) bond motifs is 1. The minimum atomic E-state index is -3.74. The van der Waals surface area contributed by atoms with Gasteiger partial charge in [-0.15, -0.1) is 0 Å². The first-order valence-corrected chi connectivity index (χ1v) is 6.56. The first kappa shape index (κ1) is 11.6. The quantitative estimate of drug-likeness (QED) is 0.647. The molecule has 7 nitrogen and oxygen atoms in total. The van der Waals surface area contributed by atoms with Gasteiger partial charge in [-0.05, 0) is 18.9 Å². The number of nitrogens with zero attached hydrogens (tertiary/aromatic N) is 1. The minimum absolute atomic E-state index is 0.217. The van der Waals surface area contributed by atoms with Gasteiger partial charge >= 0.3 is 16.3 Å². The van der Waals surface area contributed by atoms with Crippen molar-refractivity contribution in [2.75, 3.05) is 26.7 Å². The van der Waals surface area contributed by atoms with Gasteiger partial charge < -0.3 is 10.1 Å². The molecule has 92 valence electrons. The Balaban J connectivity index is 2.00. The van der Waals surface area contributed by atoms with E-state index in [0.717, 1.165) is 20.1 Å². The van der Waals surface area contributed by atoms with Crippen molar-refractivity contribution in [2.24, 2.45) is 5.92 Å². The highest BCUT2D eigenvalue weighted by Crippen LogP contribution is 2.25. The topological polar surface area (TPSA) is 87.7 Å². The second-order valence-corrected chi connectivity index (χ2v) is 5.70. The van der Waals surface area contributed by atoms with E-state index in [-0.39, 0.29) is 6.04 Å². The number of carbonyl (C=O) groups excluding carboxylic acids is 1. The van der Waals surface area contributed by atoms with E-state index in [2.05, 4.69) is 10.1 Å². The summed E-state index contributed by atoms with van der Waals surface area (Å²) in [6.45, 7) is 1.81. The zero-order valence-corrected chi connectivity index (χ0v) is 9.79. The number of amides is 1. The maximum atomic E-state index is 11.7. The van der Waals surface area contributed by atoms with E-state index in [0.29, 0.717) is 19.0 Å². The van der Waals surface area contributed by atoms with E-state index in [4.69, 9.17) is 0 Å². The van der Waals surface area contributed by atoms with Crippen LogP contribution in [0.15, 0.2) is 0 Å². The molecule has 0 aromatic rings. The Hall–Kier alpha value is -0.860. The molecule has 2 aliphatic rings. The lowest BCUT2D eigenvalue weighted by molar-refractivity contribution is 0.177. The van der Waals surface area contributed by atoms with Crippen LogP contribution in [0.1, 0.15) is 6.42 Å². The largest absolute Gasteiger partial charge is 0.452 e. The van der Waals surface area contributed by atoms with E-state index < -0.39 is 16.3 Å². The highest BCUT2D eigenvalue weighted by atomic mass is 32.2. The molecule has 0 unspecified atom stereocenters. The summed E-state index contributed by atoms with van der Waals surface area (Å²) in [4.78, 5) is 10.9. The zero-order valence-electron chi connectivity index (χ0n) is 8.97. The molecule has 0 radical (unpaired) electrons. The van der Waals surface area contributed by atoms with Gasteiger partial charge in [-0.3, -0.25) is 0 Å². The molecule has 8 heteroatoms. The number of rotatable bonds is 2. The number of hydrogen-bond acceptors (Lipinski definition) is 5. The van der Waals surface area contributed by atoms with Gasteiger partial charge in [-0.2, -0.15) is 12.7 Å². The van der Waals surface area contributed by atoms with Crippen LogP contribution in [0.25, 0.3) is 0 Å². The van der Waals surface area contributed by atoms with E-state index in [1.54, 1.807) is 0 Å². The second kappa shape index (κ2) is 4.19. The molecule has 2 fully saturated rings. The Morgan fingerprint density at radius 1 is 1.50 bits per heavy atom. The van der Waals surface area contributed by atoms with Gasteiger partial charge in [0, 0.05) is 19.1 Å². The Morgan fingerprint density at radius 3 is 2.88 bits per heavy atom. The van der Waals surface area contributed by atoms with Crippen molar-refractivity contribution >= 4 is 16.3 Å². The predicted octanol–water partition coefficient (Wildman–Crippen LogP) is -1.12. The standard InChI is InChI=1S/C8H15N3O4S/c1-15-8(12)10-16(13,14)11-4-6-2-3-9-7(6)5-11/h6-7,9H,2-5H2,1H3,(H,10,12)/t6-,7+/m0/s1. The lowest BCUT2D eigenvalue weighted by Crippen LogP contribution is -2.43. The molecule has 2 saturated heterocycles. The van der Waals surface area contributed by atoms with Gasteiger partial charge in [0.25, 0.3) is 0 Å². The molecular weight excluding hydrogens is 234 g/mol. The first-order valence-electron chi connectivity index (χ1n) is 5.12. The van der Waals surface area contributed by atoms with Crippen LogP contribution < -0.4 is 10.0 Å². The fraction of sp³-hybridized carbons (Fsp3) is 0.875. The number of carbonyl (C=O) groups is 1. The summed E-state index contributed by atoms with van der Waals surface area (Å²) in [6, 6.07) is 0.217. The van der Waals surface area contributed by atoms with Crippen LogP contribution in [0.4, 0.5) is 4.79 Å². The van der Waals surface area contributed by atoms with E-state index in [9.17, 15) is 13.2 Å². The molecule has 2 atom stereocenters. The van der Waals surface area contributed by atoms with Crippen LogP contribution in [-0.2, 0) is 14.9 Å². The van der Waals surface area contributed by atoms with E-state index in [1.807, 2.05) is 4.72 Å². The minimum Gasteiger partial charge on any atom is -0.452 e. The third-order valence-electron chi connectivity index (χ3n) is 3.07. The lowest BCUT2D eigenvalue weighted by Gasteiger charge is -2.16. The van der Waals surface area contributed by atoms with Crippen LogP contribution in [-0.4, -0.2) is 51.6 Å². The number of methoxy groups -OCH3 is 1. The molecule has 0 aromatic carbocycles. The molecule has 0 aromatic heterocycles. The molecule has 2 heterocycles. The van der Waals surface area contributed by atoms with E-state index in [1.165, 1.54) is 4.31 Å². The van der Waals surface area contributed by atoms with E-state index >= 15 is 0 Å². The van der Waals surface area contributed by atoms with Crippen LogP contribution in [0, 0.1) is 5.92 Å². The second-order valence-electron chi connectivity index (χ2n) is 4.03. The van der Waals surface area contributed by atoms with Crippen molar-refractivity contribution < 1.29 is 17.9 Å². The molecular formula is C8H15N3O4S. The zero-order chi connectivity index (χ0) is 11.8. The summed E-state index contributed by atoms with van der Waals surface area (Å²) < 4.78 is 30.8. The summed E-state index contributed by atoms with van der Waals surface area (Å²) >= 11 is 0. The van der Waals surface area contributed by atoms with Crippen LogP contribution in [0.2, 0.25) is 0 Å². The van der Waals surface area contributed by atoms with Crippen molar-refractivity contribution in [3.63, 3.8) is 0 Å². The monoisotopic (exact) mass is 249 g/mol. The van der Waals surface area contributed by atoms with Crippen molar-refractivity contribution in [3.8, 4) is 0 Å². The highest BCUT2D eigenvalue weighted by Gasteiger charge is 2.41. The van der Waals surface area contributed by atoms with Crippen LogP contribution >= 0.6 is 0 Å². The van der Waals surface area contributed by atoms with Gasteiger partial charge in [0.05, 0.1) is 7.11 Å². The van der Waals surface area contributed by atoms with Crippen molar-refractivity contribution in [2.45, 2.75) is 12.5 Å². The summed E-state index contributed by atoms with van der Waals surface area (Å²) in [6.07, 6.45) is 0.0274. The molecule has 0 spiro atoms. The molecule has 16 heavy (non-hydrogen) atoms. The summed E-state index contributed by atoms with van der Waals surface area (Å²) in [5.74, 6) is 0.356. The van der Waals surface area contributed by atoms with Gasteiger partial charge in [0.15, 0.2) is 0 Å². The normalized spacial score (nSPS) is 30.1. The maximum absolute atomic E-state index is 11.7. The van der Waals surface area contributed by atoms with Gasteiger partial charge in [-0.25, -0.2) is 9.52 Å². The predicted molar refractivity (Wildman–Crippen MR) is 55.9 cm³/mol. The Kier molecular flexibility index (Phi) is 3.04. The van der Waals surface area contributed by atoms with Crippen LogP contribution in [0.3, 0.4) is 0 Å². The van der Waals surface area contributed by atoms with Gasteiger partial charge in [0.1, 0.15) is 0 Å². The van der Waals surface area contributed by atoms with Crippen LogP contribution in [0.5, 0.6) is 0 Å². The smallest absolute Gasteiger partial charge is 0.421 e. The highest BCUT2D eigenvalue weighted by molar-refractivity contribution is 7.87. The molecule has 2 aliphatic heterocycles. The molecule has 0 bridgehead atoms. The van der Waals surface area contributed by atoms with Gasteiger partial charge in [-0.1, -0.05) is 0 Å². The van der Waals surface area contributed by atoms with Crippen molar-refractivity contribution in [1.82, 2.24) is 14.3 Å². The van der Waals surface area contributed by atoms with Gasteiger partial charge in [0.2, 0.25) is 0 Å². The van der Waals surface area contributed by atoms with Crippen molar-refractivity contribution in [1.29, 1.82) is 0 Å². The average molecular weight is 249 g/mol. The Labute approximate surface area is 94.3 Å².